The zero-order chi connectivity index (χ0) is 45.6. The standard InChI is InChI=1S/C66H43NO2/c1-65(2)53-21-10-7-18-48(53)50-34-33-45(39-58(50)65)67(59-23-13-25-61-62(59)51-20-9-12-24-60(51)68-61)44-31-26-40(27-32-44)43-30-35-55-52(38-43)49-19-8-11-22-54(49)66(55)56-36-28-41-14-3-5-16-46(41)63(56)69-64-47-17-6-4-15-42(47)29-37-57(64)66/h3-39H,1-2H3. The molecule has 3 nitrogen and oxygen atoms in total. The molecule has 324 valence electrons. The Bertz CT molecular complexity index is 4070. The fourth-order valence-corrected chi connectivity index (χ4v) is 12.6. The molecule has 11 aromatic carbocycles. The van der Waals surface area contributed by atoms with E-state index < -0.39 is 5.41 Å². The maximum absolute atomic E-state index is 7.19. The van der Waals surface area contributed by atoms with Crippen molar-refractivity contribution in [1.29, 1.82) is 0 Å². The summed E-state index contributed by atoms with van der Waals surface area (Å²) in [6.45, 7) is 4.70. The van der Waals surface area contributed by atoms with Gasteiger partial charge in [0.2, 0.25) is 0 Å². The van der Waals surface area contributed by atoms with Crippen LogP contribution in [0, 0.1) is 0 Å². The van der Waals surface area contributed by atoms with E-state index in [-0.39, 0.29) is 5.41 Å². The predicted molar refractivity (Wildman–Crippen MR) is 284 cm³/mol. The van der Waals surface area contributed by atoms with E-state index in [0.717, 1.165) is 66.8 Å². The Hall–Kier alpha value is -8.66. The van der Waals surface area contributed by atoms with Gasteiger partial charge < -0.3 is 14.1 Å². The molecule has 0 saturated heterocycles. The number of fused-ring (bicyclic) bond motifs is 19. The second kappa shape index (κ2) is 13.9. The maximum atomic E-state index is 7.19. The fraction of sp³-hybridized carbons (Fsp3) is 0.0606. The topological polar surface area (TPSA) is 25.6 Å². The third-order valence-corrected chi connectivity index (χ3v) is 15.7. The van der Waals surface area contributed by atoms with Crippen LogP contribution in [0.3, 0.4) is 0 Å². The summed E-state index contributed by atoms with van der Waals surface area (Å²) in [4.78, 5) is 2.42. The van der Waals surface area contributed by atoms with Crippen LogP contribution in [0.25, 0.3) is 76.9 Å². The van der Waals surface area contributed by atoms with Crippen molar-refractivity contribution in [3.63, 3.8) is 0 Å². The molecule has 2 aliphatic carbocycles. The van der Waals surface area contributed by atoms with Crippen molar-refractivity contribution < 1.29 is 9.15 Å². The Morgan fingerprint density at radius 3 is 1.65 bits per heavy atom. The van der Waals surface area contributed by atoms with Crippen LogP contribution in [-0.4, -0.2) is 0 Å². The highest BCUT2D eigenvalue weighted by Crippen LogP contribution is 2.64. The minimum atomic E-state index is -0.587. The molecule has 0 bridgehead atoms. The van der Waals surface area contributed by atoms with Gasteiger partial charge in [0.25, 0.3) is 0 Å². The van der Waals surface area contributed by atoms with E-state index in [4.69, 9.17) is 9.15 Å². The summed E-state index contributed by atoms with van der Waals surface area (Å²) < 4.78 is 13.7. The number of ether oxygens (including phenoxy) is 1. The lowest BCUT2D eigenvalue weighted by atomic mass is 9.65. The molecular formula is C66H43NO2. The van der Waals surface area contributed by atoms with Crippen LogP contribution in [0.5, 0.6) is 11.5 Å². The highest BCUT2D eigenvalue weighted by Gasteiger charge is 2.52. The van der Waals surface area contributed by atoms with Gasteiger partial charge in [-0.1, -0.05) is 190 Å². The summed E-state index contributed by atoms with van der Waals surface area (Å²) in [6, 6.07) is 82.4. The number of para-hydroxylation sites is 1. The van der Waals surface area contributed by atoms with E-state index >= 15 is 0 Å². The summed E-state index contributed by atoms with van der Waals surface area (Å²) in [5.41, 5.74) is 19.3. The molecule has 1 spiro atoms. The van der Waals surface area contributed by atoms with Gasteiger partial charge in [-0.2, -0.15) is 0 Å². The number of furan rings is 1. The molecule has 0 saturated carbocycles. The summed E-state index contributed by atoms with van der Waals surface area (Å²) >= 11 is 0. The molecule has 1 aliphatic heterocycles. The molecule has 3 heteroatoms. The van der Waals surface area contributed by atoms with E-state index in [1.54, 1.807) is 0 Å². The third-order valence-electron chi connectivity index (χ3n) is 15.7. The molecule has 2 heterocycles. The molecule has 1 aromatic heterocycles. The molecule has 0 unspecified atom stereocenters. The fourth-order valence-electron chi connectivity index (χ4n) is 12.6. The molecule has 69 heavy (non-hydrogen) atoms. The van der Waals surface area contributed by atoms with E-state index in [1.165, 1.54) is 72.0 Å². The Balaban J connectivity index is 0.904. The van der Waals surface area contributed by atoms with Gasteiger partial charge in [-0.15, -0.1) is 0 Å². The van der Waals surface area contributed by atoms with Gasteiger partial charge in [-0.3, -0.25) is 0 Å². The Kier molecular flexibility index (Phi) is 7.77. The van der Waals surface area contributed by atoms with Crippen molar-refractivity contribution in [3.05, 3.63) is 258 Å². The van der Waals surface area contributed by atoms with Crippen LogP contribution >= 0.6 is 0 Å². The van der Waals surface area contributed by atoms with Crippen molar-refractivity contribution in [2.45, 2.75) is 24.7 Å². The highest BCUT2D eigenvalue weighted by atomic mass is 16.5. The molecule has 0 N–H and O–H groups in total. The number of benzene rings is 11. The molecule has 0 fully saturated rings. The van der Waals surface area contributed by atoms with E-state index in [2.05, 4.69) is 237 Å². The average molecular weight is 882 g/mol. The summed E-state index contributed by atoms with van der Waals surface area (Å²) in [6.07, 6.45) is 0. The monoisotopic (exact) mass is 881 g/mol. The largest absolute Gasteiger partial charge is 0.456 e. The maximum Gasteiger partial charge on any atom is 0.140 e. The lowest BCUT2D eigenvalue weighted by Crippen LogP contribution is -2.32. The number of hydrogen-bond acceptors (Lipinski definition) is 3. The third kappa shape index (κ3) is 5.17. The van der Waals surface area contributed by atoms with Crippen molar-refractivity contribution in [3.8, 4) is 44.9 Å². The molecule has 15 rings (SSSR count). The summed E-state index contributed by atoms with van der Waals surface area (Å²) in [5.74, 6) is 1.86. The van der Waals surface area contributed by atoms with Gasteiger partial charge in [0, 0.05) is 44.1 Å². The first-order valence-electron chi connectivity index (χ1n) is 24.0. The number of nitrogens with zero attached hydrogens (tertiary/aromatic N) is 1. The highest BCUT2D eigenvalue weighted by molar-refractivity contribution is 6.13. The minimum Gasteiger partial charge on any atom is -0.456 e. The van der Waals surface area contributed by atoms with E-state index in [1.807, 2.05) is 6.07 Å². The molecule has 0 radical (unpaired) electrons. The first kappa shape index (κ1) is 38.4. The molecule has 0 atom stereocenters. The number of hydrogen-bond donors (Lipinski definition) is 0. The quantitative estimate of drug-likeness (QED) is 0.176. The second-order valence-corrected chi connectivity index (χ2v) is 19.5. The minimum absolute atomic E-state index is 0.146. The van der Waals surface area contributed by atoms with Crippen LogP contribution in [0.2, 0.25) is 0 Å². The van der Waals surface area contributed by atoms with Gasteiger partial charge in [0.15, 0.2) is 0 Å². The number of anilines is 3. The Labute approximate surface area is 400 Å². The average Bonchev–Trinajstić information content (AvgIpc) is 4.00. The van der Waals surface area contributed by atoms with Crippen molar-refractivity contribution >= 4 is 60.5 Å². The van der Waals surface area contributed by atoms with Crippen molar-refractivity contribution in [2.75, 3.05) is 4.90 Å². The number of rotatable bonds is 4. The Morgan fingerprint density at radius 2 is 0.913 bits per heavy atom. The second-order valence-electron chi connectivity index (χ2n) is 19.5. The molecule has 0 amide bonds. The van der Waals surface area contributed by atoms with Gasteiger partial charge in [-0.05, 0) is 115 Å². The Morgan fingerprint density at radius 1 is 0.362 bits per heavy atom. The van der Waals surface area contributed by atoms with Crippen LogP contribution in [-0.2, 0) is 10.8 Å². The van der Waals surface area contributed by atoms with Gasteiger partial charge in [0.1, 0.15) is 22.7 Å². The smallest absolute Gasteiger partial charge is 0.140 e. The normalized spacial score (nSPS) is 14.3. The SMILES string of the molecule is CC1(C)c2ccccc2-c2ccc(N(c3ccc(-c4ccc5c(c4)-c4ccccc4C54c5ccc6ccccc6c5Oc5c4ccc4ccccc54)cc3)c3cccc4oc5ccccc5c34)cc21. The lowest BCUT2D eigenvalue weighted by Gasteiger charge is -2.40. The summed E-state index contributed by atoms with van der Waals surface area (Å²) in [5, 5.41) is 6.78. The molecule has 3 aliphatic rings. The van der Waals surface area contributed by atoms with Crippen molar-refractivity contribution in [2.24, 2.45) is 0 Å². The molecular weight excluding hydrogens is 839 g/mol. The van der Waals surface area contributed by atoms with Crippen LogP contribution in [0.4, 0.5) is 17.1 Å². The van der Waals surface area contributed by atoms with Gasteiger partial charge in [-0.25, -0.2) is 0 Å². The van der Waals surface area contributed by atoms with E-state index in [0.29, 0.717) is 0 Å². The molecule has 12 aromatic rings. The zero-order valence-electron chi connectivity index (χ0n) is 38.1. The zero-order valence-corrected chi connectivity index (χ0v) is 38.1. The van der Waals surface area contributed by atoms with Crippen LogP contribution < -0.4 is 9.64 Å². The lowest BCUT2D eigenvalue weighted by molar-refractivity contribution is 0.447. The first-order chi connectivity index (χ1) is 34.0. The van der Waals surface area contributed by atoms with Gasteiger partial charge >= 0.3 is 0 Å². The van der Waals surface area contributed by atoms with E-state index in [9.17, 15) is 0 Å². The summed E-state index contributed by atoms with van der Waals surface area (Å²) in [7, 11) is 0. The first-order valence-corrected chi connectivity index (χ1v) is 24.0. The predicted octanol–water partition coefficient (Wildman–Crippen LogP) is 17.8. The van der Waals surface area contributed by atoms with Crippen LogP contribution in [0.1, 0.15) is 47.2 Å². The van der Waals surface area contributed by atoms with Gasteiger partial charge in [0.05, 0.1) is 16.5 Å². The van der Waals surface area contributed by atoms with Crippen molar-refractivity contribution in [1.82, 2.24) is 0 Å². The van der Waals surface area contributed by atoms with Crippen LogP contribution in [0.15, 0.2) is 229 Å².